The molecule has 4 rings (SSSR count). The maximum absolute atomic E-state index is 13.8. The molecule has 1 aliphatic rings. The average molecular weight is 443 g/mol. The SMILES string of the molecule is CCCC[C@H]1N[C@@H]([C@@](O)(CCc2ccccc2)c2ccccc2)C(=O)N1Cc1ccccc1. The number of nitrogens with zero attached hydrogens (tertiary/aromatic N) is 1. The lowest BCUT2D eigenvalue weighted by Crippen LogP contribution is -2.50. The Balaban J connectivity index is 1.64. The molecule has 1 aliphatic heterocycles. The number of amides is 1. The van der Waals surface area contributed by atoms with Crippen LogP contribution >= 0.6 is 0 Å². The van der Waals surface area contributed by atoms with E-state index in [4.69, 9.17) is 0 Å². The number of aliphatic hydroxyl groups is 1. The van der Waals surface area contributed by atoms with Crippen molar-refractivity contribution in [2.45, 2.75) is 63.4 Å². The van der Waals surface area contributed by atoms with E-state index >= 15 is 0 Å². The second-order valence-corrected chi connectivity index (χ2v) is 8.99. The average Bonchev–Trinajstić information content (AvgIpc) is 3.18. The smallest absolute Gasteiger partial charge is 0.244 e. The lowest BCUT2D eigenvalue weighted by Gasteiger charge is -2.33. The quantitative estimate of drug-likeness (QED) is 0.463. The minimum absolute atomic E-state index is 0.0284. The lowest BCUT2D eigenvalue weighted by atomic mass is 9.81. The number of hydrogen-bond donors (Lipinski definition) is 2. The lowest BCUT2D eigenvalue weighted by molar-refractivity contribution is -0.136. The molecule has 4 heteroatoms. The second-order valence-electron chi connectivity index (χ2n) is 8.99. The fourth-order valence-electron chi connectivity index (χ4n) is 4.78. The van der Waals surface area contributed by atoms with Gasteiger partial charge in [0.25, 0.3) is 0 Å². The van der Waals surface area contributed by atoms with Crippen LogP contribution in [0.2, 0.25) is 0 Å². The molecule has 4 nitrogen and oxygen atoms in total. The van der Waals surface area contributed by atoms with E-state index in [1.54, 1.807) is 0 Å². The zero-order chi connectivity index (χ0) is 23.1. The van der Waals surface area contributed by atoms with E-state index < -0.39 is 11.6 Å². The number of carbonyl (C=O) groups excluding carboxylic acids is 1. The van der Waals surface area contributed by atoms with Gasteiger partial charge < -0.3 is 10.0 Å². The maximum atomic E-state index is 13.8. The van der Waals surface area contributed by atoms with Gasteiger partial charge in [-0.15, -0.1) is 0 Å². The Morgan fingerprint density at radius 1 is 0.879 bits per heavy atom. The van der Waals surface area contributed by atoms with Crippen LogP contribution in [0, 0.1) is 0 Å². The van der Waals surface area contributed by atoms with E-state index in [2.05, 4.69) is 36.5 Å². The number of aryl methyl sites for hydroxylation is 1. The summed E-state index contributed by atoms with van der Waals surface area (Å²) in [6, 6.07) is 29.2. The molecule has 1 saturated heterocycles. The number of carbonyl (C=O) groups is 1. The molecular weight excluding hydrogens is 408 g/mol. The Bertz CT molecular complexity index is 1010. The largest absolute Gasteiger partial charge is 0.383 e. The Morgan fingerprint density at radius 2 is 1.45 bits per heavy atom. The highest BCUT2D eigenvalue weighted by Crippen LogP contribution is 2.35. The summed E-state index contributed by atoms with van der Waals surface area (Å²) in [7, 11) is 0. The molecule has 0 unspecified atom stereocenters. The predicted octanol–water partition coefficient (Wildman–Crippen LogP) is 5.02. The summed E-state index contributed by atoms with van der Waals surface area (Å²) in [4.78, 5) is 15.7. The molecule has 0 spiro atoms. The first-order chi connectivity index (χ1) is 16.1. The van der Waals surface area contributed by atoms with Crippen LogP contribution in [0.15, 0.2) is 91.0 Å². The van der Waals surface area contributed by atoms with E-state index in [0.29, 0.717) is 19.4 Å². The Kier molecular flexibility index (Phi) is 7.58. The normalized spacial score (nSPS) is 20.1. The van der Waals surface area contributed by atoms with Crippen LogP contribution in [0.1, 0.15) is 49.3 Å². The molecule has 0 aromatic heterocycles. The Labute approximate surface area is 197 Å². The fraction of sp³-hybridized carbons (Fsp3) is 0.345. The van der Waals surface area contributed by atoms with E-state index in [0.717, 1.165) is 36.0 Å². The summed E-state index contributed by atoms with van der Waals surface area (Å²) < 4.78 is 0. The molecule has 0 saturated carbocycles. The summed E-state index contributed by atoms with van der Waals surface area (Å²) >= 11 is 0. The van der Waals surface area contributed by atoms with Crippen LogP contribution in [0.25, 0.3) is 0 Å². The van der Waals surface area contributed by atoms with Crippen LogP contribution in [0.5, 0.6) is 0 Å². The maximum Gasteiger partial charge on any atom is 0.244 e. The van der Waals surface area contributed by atoms with Crippen molar-refractivity contribution in [2.75, 3.05) is 0 Å². The van der Waals surface area contributed by atoms with Gasteiger partial charge in [0, 0.05) is 6.54 Å². The zero-order valence-electron chi connectivity index (χ0n) is 19.4. The van der Waals surface area contributed by atoms with Crippen molar-refractivity contribution >= 4 is 5.91 Å². The second kappa shape index (κ2) is 10.8. The molecule has 1 heterocycles. The monoisotopic (exact) mass is 442 g/mol. The third kappa shape index (κ3) is 5.35. The molecule has 3 aromatic carbocycles. The van der Waals surface area contributed by atoms with Crippen LogP contribution in [0.3, 0.4) is 0 Å². The van der Waals surface area contributed by atoms with Crippen molar-refractivity contribution in [1.82, 2.24) is 10.2 Å². The van der Waals surface area contributed by atoms with Gasteiger partial charge in [0.2, 0.25) is 5.91 Å². The van der Waals surface area contributed by atoms with Gasteiger partial charge >= 0.3 is 0 Å². The van der Waals surface area contributed by atoms with Gasteiger partial charge in [-0.3, -0.25) is 10.1 Å². The van der Waals surface area contributed by atoms with Crippen molar-refractivity contribution in [1.29, 1.82) is 0 Å². The number of rotatable bonds is 10. The molecule has 0 aliphatic carbocycles. The first-order valence-corrected chi connectivity index (χ1v) is 12.0. The van der Waals surface area contributed by atoms with Gasteiger partial charge in [-0.25, -0.2) is 0 Å². The number of nitrogens with one attached hydrogen (secondary N) is 1. The topological polar surface area (TPSA) is 52.6 Å². The van der Waals surface area contributed by atoms with Gasteiger partial charge in [-0.2, -0.15) is 0 Å². The standard InChI is InChI=1S/C29H34N2O2/c1-2-3-19-26-30-27(28(32)31(26)22-24-15-9-5-10-16-24)29(33,25-17-11-6-12-18-25)21-20-23-13-7-4-8-14-23/h4-18,26-27,30,33H,2-3,19-22H2,1H3/t26-,27+,29+/m0/s1. The van der Waals surface area contributed by atoms with Crippen molar-refractivity contribution in [3.05, 3.63) is 108 Å². The third-order valence-corrected chi connectivity index (χ3v) is 6.68. The van der Waals surface area contributed by atoms with Crippen LogP contribution in [-0.4, -0.2) is 28.1 Å². The van der Waals surface area contributed by atoms with Crippen molar-refractivity contribution in [3.8, 4) is 0 Å². The van der Waals surface area contributed by atoms with Gasteiger partial charge in [-0.1, -0.05) is 111 Å². The molecule has 3 aromatic rings. The summed E-state index contributed by atoms with van der Waals surface area (Å²) in [5.74, 6) is -0.0284. The number of unbranched alkanes of at least 4 members (excludes halogenated alkanes) is 1. The highest BCUT2D eigenvalue weighted by Gasteiger charge is 2.50. The first kappa shape index (κ1) is 23.2. The van der Waals surface area contributed by atoms with Crippen LogP contribution in [-0.2, 0) is 23.4 Å². The van der Waals surface area contributed by atoms with E-state index in [1.807, 2.05) is 71.6 Å². The third-order valence-electron chi connectivity index (χ3n) is 6.68. The molecule has 3 atom stereocenters. The molecule has 1 amide bonds. The molecule has 33 heavy (non-hydrogen) atoms. The predicted molar refractivity (Wildman–Crippen MR) is 132 cm³/mol. The van der Waals surface area contributed by atoms with E-state index in [9.17, 15) is 9.90 Å². The minimum Gasteiger partial charge on any atom is -0.383 e. The zero-order valence-corrected chi connectivity index (χ0v) is 19.4. The van der Waals surface area contributed by atoms with Gasteiger partial charge in [0.15, 0.2) is 0 Å². The number of benzene rings is 3. The fourth-order valence-corrected chi connectivity index (χ4v) is 4.78. The van der Waals surface area contributed by atoms with Crippen LogP contribution in [0.4, 0.5) is 0 Å². The van der Waals surface area contributed by atoms with Gasteiger partial charge in [0.1, 0.15) is 11.6 Å². The summed E-state index contributed by atoms with van der Waals surface area (Å²) in [6.07, 6.45) is 4.02. The van der Waals surface area contributed by atoms with Crippen molar-refractivity contribution < 1.29 is 9.90 Å². The molecule has 2 N–H and O–H groups in total. The van der Waals surface area contributed by atoms with Crippen molar-refractivity contribution in [3.63, 3.8) is 0 Å². The minimum atomic E-state index is -1.30. The summed E-state index contributed by atoms with van der Waals surface area (Å²) in [5, 5.41) is 15.7. The van der Waals surface area contributed by atoms with Crippen LogP contribution < -0.4 is 5.32 Å². The molecule has 0 bridgehead atoms. The van der Waals surface area contributed by atoms with E-state index in [1.165, 1.54) is 0 Å². The highest BCUT2D eigenvalue weighted by molar-refractivity contribution is 5.86. The summed E-state index contributed by atoms with van der Waals surface area (Å²) in [6.45, 7) is 2.71. The van der Waals surface area contributed by atoms with E-state index in [-0.39, 0.29) is 12.1 Å². The highest BCUT2D eigenvalue weighted by atomic mass is 16.3. The molecular formula is C29H34N2O2. The Morgan fingerprint density at radius 3 is 2.06 bits per heavy atom. The first-order valence-electron chi connectivity index (χ1n) is 12.0. The summed E-state index contributed by atoms with van der Waals surface area (Å²) in [5.41, 5.74) is 1.73. The van der Waals surface area contributed by atoms with Gasteiger partial charge in [-0.05, 0) is 36.0 Å². The van der Waals surface area contributed by atoms with Gasteiger partial charge in [0.05, 0.1) is 6.17 Å². The number of hydrogen-bond acceptors (Lipinski definition) is 3. The molecule has 1 fully saturated rings. The molecule has 172 valence electrons. The molecule has 0 radical (unpaired) electrons. The Hall–Kier alpha value is -2.95. The van der Waals surface area contributed by atoms with Crippen molar-refractivity contribution in [2.24, 2.45) is 0 Å².